The van der Waals surface area contributed by atoms with Gasteiger partial charge in [0.1, 0.15) is 5.75 Å². The number of hydrogen-bond acceptors (Lipinski definition) is 4. The third kappa shape index (κ3) is 2.82. The second-order valence-electron chi connectivity index (χ2n) is 4.56. The molecule has 5 heteroatoms. The number of para-hydroxylation sites is 1. The minimum atomic E-state index is -0.370. The number of fused-ring (bicyclic) bond motifs is 1. The summed E-state index contributed by atoms with van der Waals surface area (Å²) in [4.78, 5) is 15.5. The van der Waals surface area contributed by atoms with Crippen LogP contribution >= 0.6 is 0 Å². The first kappa shape index (κ1) is 13.3. The van der Waals surface area contributed by atoms with Gasteiger partial charge in [-0.25, -0.2) is 5.84 Å². The van der Waals surface area contributed by atoms with E-state index in [1.54, 1.807) is 12.3 Å². The summed E-state index contributed by atoms with van der Waals surface area (Å²) in [5.74, 6) is 5.66. The van der Waals surface area contributed by atoms with Gasteiger partial charge in [-0.2, -0.15) is 0 Å². The Bertz CT molecular complexity index is 596. The lowest BCUT2D eigenvalue weighted by Crippen LogP contribution is -2.34. The van der Waals surface area contributed by atoms with Crippen molar-refractivity contribution in [2.45, 2.75) is 19.8 Å². The van der Waals surface area contributed by atoms with Crippen molar-refractivity contribution in [2.75, 3.05) is 6.61 Å². The van der Waals surface area contributed by atoms with Crippen LogP contribution in [-0.4, -0.2) is 17.5 Å². The normalized spacial score (nSPS) is 10.7. The van der Waals surface area contributed by atoms with Crippen molar-refractivity contribution < 1.29 is 9.53 Å². The number of carbonyl (C=O) groups excluding carboxylic acids is 1. The molecule has 19 heavy (non-hydrogen) atoms. The number of hydrogen-bond donors (Lipinski definition) is 2. The summed E-state index contributed by atoms with van der Waals surface area (Å²) >= 11 is 0. The Morgan fingerprint density at radius 1 is 1.42 bits per heavy atom. The van der Waals surface area contributed by atoms with Crippen LogP contribution in [0.25, 0.3) is 10.9 Å². The summed E-state index contributed by atoms with van der Waals surface area (Å²) < 4.78 is 5.47. The number of rotatable bonds is 4. The average Bonchev–Trinajstić information content (AvgIpc) is 2.43. The lowest BCUT2D eigenvalue weighted by atomic mass is 9.99. The highest BCUT2D eigenvalue weighted by molar-refractivity contribution is 5.88. The van der Waals surface area contributed by atoms with Crippen LogP contribution < -0.4 is 16.0 Å². The number of aromatic nitrogens is 1. The maximum absolute atomic E-state index is 11.1. The third-order valence-corrected chi connectivity index (χ3v) is 2.90. The molecule has 0 unspecified atom stereocenters. The molecule has 0 aliphatic heterocycles. The van der Waals surface area contributed by atoms with Gasteiger partial charge in [0.25, 0.3) is 5.91 Å². The van der Waals surface area contributed by atoms with E-state index >= 15 is 0 Å². The first-order valence-electron chi connectivity index (χ1n) is 6.13. The van der Waals surface area contributed by atoms with Gasteiger partial charge < -0.3 is 4.74 Å². The minimum absolute atomic E-state index is 0.110. The van der Waals surface area contributed by atoms with Crippen molar-refractivity contribution >= 4 is 16.8 Å². The molecule has 0 bridgehead atoms. The molecule has 0 aliphatic rings. The predicted octanol–water partition coefficient (Wildman–Crippen LogP) is 1.73. The topological polar surface area (TPSA) is 77.2 Å². The van der Waals surface area contributed by atoms with Gasteiger partial charge in [-0.15, -0.1) is 0 Å². The van der Waals surface area contributed by atoms with Gasteiger partial charge in [0, 0.05) is 11.6 Å². The van der Waals surface area contributed by atoms with Gasteiger partial charge in [0.15, 0.2) is 6.61 Å². The van der Waals surface area contributed by atoms with Gasteiger partial charge in [0.05, 0.1) is 5.52 Å². The number of nitrogens with zero attached hydrogens (tertiary/aromatic N) is 1. The lowest BCUT2D eigenvalue weighted by molar-refractivity contribution is -0.123. The van der Waals surface area contributed by atoms with E-state index < -0.39 is 0 Å². The van der Waals surface area contributed by atoms with E-state index in [1.807, 2.05) is 17.6 Å². The van der Waals surface area contributed by atoms with Crippen LogP contribution in [0.1, 0.15) is 25.3 Å². The molecule has 3 N–H and O–H groups in total. The number of hydrazine groups is 1. The lowest BCUT2D eigenvalue weighted by Gasteiger charge is -2.12. The Hall–Kier alpha value is -2.14. The molecule has 1 heterocycles. The molecular weight excluding hydrogens is 242 g/mol. The van der Waals surface area contributed by atoms with E-state index in [-0.39, 0.29) is 12.5 Å². The molecule has 1 amide bonds. The molecule has 0 saturated carbocycles. The predicted molar refractivity (Wildman–Crippen MR) is 73.7 cm³/mol. The number of ether oxygens (including phenoxy) is 1. The van der Waals surface area contributed by atoms with Gasteiger partial charge in [-0.3, -0.25) is 15.2 Å². The summed E-state index contributed by atoms with van der Waals surface area (Å²) in [6, 6.07) is 7.70. The van der Waals surface area contributed by atoms with Crippen LogP contribution in [0, 0.1) is 0 Å². The third-order valence-electron chi connectivity index (χ3n) is 2.90. The number of amides is 1. The average molecular weight is 259 g/mol. The number of pyridine rings is 1. The van der Waals surface area contributed by atoms with E-state index in [1.165, 1.54) is 0 Å². The van der Waals surface area contributed by atoms with Crippen LogP contribution in [0.3, 0.4) is 0 Å². The number of nitrogens with two attached hydrogens (primary N) is 1. The monoisotopic (exact) mass is 259 g/mol. The molecule has 1 aromatic heterocycles. The first-order valence-corrected chi connectivity index (χ1v) is 6.13. The van der Waals surface area contributed by atoms with Crippen LogP contribution in [0.2, 0.25) is 0 Å². The molecule has 0 atom stereocenters. The van der Waals surface area contributed by atoms with Crippen LogP contribution in [0.5, 0.6) is 5.75 Å². The molecular formula is C14H17N3O2. The summed E-state index contributed by atoms with van der Waals surface area (Å²) in [6.45, 7) is 4.12. The van der Waals surface area contributed by atoms with Crippen molar-refractivity contribution in [3.63, 3.8) is 0 Å². The van der Waals surface area contributed by atoms with E-state index in [2.05, 4.69) is 24.9 Å². The Kier molecular flexibility index (Phi) is 3.97. The molecule has 2 aromatic rings. The van der Waals surface area contributed by atoms with E-state index in [0.29, 0.717) is 11.7 Å². The quantitative estimate of drug-likeness (QED) is 0.498. The van der Waals surface area contributed by atoms with Gasteiger partial charge in [-0.05, 0) is 23.6 Å². The highest BCUT2D eigenvalue weighted by Crippen LogP contribution is 2.29. The minimum Gasteiger partial charge on any atom is -0.483 e. The largest absolute Gasteiger partial charge is 0.483 e. The van der Waals surface area contributed by atoms with Crippen molar-refractivity contribution in [2.24, 2.45) is 5.84 Å². The highest BCUT2D eigenvalue weighted by Gasteiger charge is 2.10. The van der Waals surface area contributed by atoms with Crippen LogP contribution in [0.15, 0.2) is 30.5 Å². The number of carbonyl (C=O) groups is 1. The fourth-order valence-electron chi connectivity index (χ4n) is 1.95. The standard InChI is InChI=1S/C14H17N3O2/c1-9(2)10-4-3-5-11-12(6-7-16-14(10)11)19-8-13(18)17-15/h3-7,9H,8,15H2,1-2H3,(H,17,18). The molecule has 0 aliphatic carbocycles. The summed E-state index contributed by atoms with van der Waals surface area (Å²) in [7, 11) is 0. The van der Waals surface area contributed by atoms with Crippen molar-refractivity contribution in [3.05, 3.63) is 36.0 Å². The summed E-state index contributed by atoms with van der Waals surface area (Å²) in [6.07, 6.45) is 1.68. The van der Waals surface area contributed by atoms with Crippen LogP contribution in [-0.2, 0) is 4.79 Å². The van der Waals surface area contributed by atoms with Gasteiger partial charge in [0.2, 0.25) is 0 Å². The highest BCUT2D eigenvalue weighted by atomic mass is 16.5. The number of benzene rings is 1. The Balaban J connectivity index is 2.40. The first-order chi connectivity index (χ1) is 9.13. The van der Waals surface area contributed by atoms with E-state index in [0.717, 1.165) is 16.5 Å². The van der Waals surface area contributed by atoms with Gasteiger partial charge >= 0.3 is 0 Å². The molecule has 0 spiro atoms. The zero-order valence-corrected chi connectivity index (χ0v) is 11.0. The molecule has 2 rings (SSSR count). The SMILES string of the molecule is CC(C)c1cccc2c(OCC(=O)NN)ccnc12. The van der Waals surface area contributed by atoms with Crippen molar-refractivity contribution in [3.8, 4) is 5.75 Å². The Labute approximate surface area is 111 Å². The number of nitrogens with one attached hydrogen (secondary N) is 1. The molecule has 100 valence electrons. The fraction of sp³-hybridized carbons (Fsp3) is 0.286. The van der Waals surface area contributed by atoms with Crippen LogP contribution in [0.4, 0.5) is 0 Å². The molecule has 0 fully saturated rings. The zero-order chi connectivity index (χ0) is 13.8. The molecule has 0 saturated heterocycles. The maximum atomic E-state index is 11.1. The van der Waals surface area contributed by atoms with E-state index in [4.69, 9.17) is 10.6 Å². The summed E-state index contributed by atoms with van der Waals surface area (Å²) in [5.41, 5.74) is 4.10. The maximum Gasteiger partial charge on any atom is 0.271 e. The van der Waals surface area contributed by atoms with E-state index in [9.17, 15) is 4.79 Å². The second kappa shape index (κ2) is 5.67. The van der Waals surface area contributed by atoms with Crippen molar-refractivity contribution in [1.29, 1.82) is 0 Å². The molecule has 1 aromatic carbocycles. The second-order valence-corrected chi connectivity index (χ2v) is 4.56. The Morgan fingerprint density at radius 2 is 2.21 bits per heavy atom. The smallest absolute Gasteiger partial charge is 0.271 e. The van der Waals surface area contributed by atoms with Crippen molar-refractivity contribution in [1.82, 2.24) is 10.4 Å². The van der Waals surface area contributed by atoms with Gasteiger partial charge in [-0.1, -0.05) is 26.0 Å². The zero-order valence-electron chi connectivity index (χ0n) is 11.0. The fourth-order valence-corrected chi connectivity index (χ4v) is 1.95. The summed E-state index contributed by atoms with van der Waals surface area (Å²) in [5, 5.41) is 0.901. The molecule has 5 nitrogen and oxygen atoms in total. The molecule has 0 radical (unpaired) electrons. The Morgan fingerprint density at radius 3 is 2.89 bits per heavy atom.